The third-order valence-electron chi connectivity index (χ3n) is 1.83. The maximum absolute atomic E-state index is 8.11. The second-order valence-corrected chi connectivity index (χ2v) is 4.84. The third-order valence-corrected chi connectivity index (χ3v) is 1.83. The van der Waals surface area contributed by atoms with Crippen molar-refractivity contribution in [2.75, 3.05) is 47.8 Å². The van der Waals surface area contributed by atoms with E-state index in [1.54, 1.807) is 14.7 Å². The van der Waals surface area contributed by atoms with Crippen molar-refractivity contribution in [1.29, 1.82) is 16.6 Å². The number of nitrogens with zero attached hydrogens (tertiary/aromatic N) is 9. The summed E-state index contributed by atoms with van der Waals surface area (Å²) in [6.45, 7) is 4.74. The standard InChI is InChI=1S/2C5H14N2.2C2H7N.BrH.3HN3.3HNO2.2H3N/c1-2-3-4-5-7-6;6-4-2-1-3-5-7;2*1-3-2;;3*1-3-2;3*2-1-3;;/h7H,2-6H2,1H3;1-7H2;2*3H,1-2H3;1H;3*1H;3*(H,2,3);2*1H3. The summed E-state index contributed by atoms with van der Waals surface area (Å²) in [6.07, 6.45) is 7.18. The minimum absolute atomic E-state index is 0. The van der Waals surface area contributed by atoms with Crippen molar-refractivity contribution in [2.24, 2.45) is 33.3 Å². The molecule has 0 bridgehead atoms. The Bertz CT molecular complexity index is 378. The molecule has 0 aromatic rings. The second kappa shape index (κ2) is 221. The van der Waals surface area contributed by atoms with Crippen LogP contribution in [-0.2, 0) is 0 Å². The highest BCUT2D eigenvalue weighted by molar-refractivity contribution is 8.93. The summed E-state index contributed by atoms with van der Waals surface area (Å²) < 4.78 is 0. The first-order valence-electron chi connectivity index (χ1n) is 10.1. The van der Waals surface area contributed by atoms with E-state index in [2.05, 4.69) is 23.0 Å². The Kier molecular flexibility index (Phi) is 449. The smallest absolute Gasteiger partial charge is 0.152 e. The molecule has 0 unspecified atom stereocenters. The van der Waals surface area contributed by atoms with Gasteiger partial charge in [-0.05, 0) is 91.9 Å². The van der Waals surface area contributed by atoms with E-state index in [0.29, 0.717) is 0 Å². The Balaban J connectivity index is -0.0000000197. The minimum atomic E-state index is 0. The van der Waals surface area contributed by atoms with Crippen LogP contribution in [0.5, 0.6) is 0 Å². The van der Waals surface area contributed by atoms with Gasteiger partial charge >= 0.3 is 0 Å². The number of rotatable bonds is 8. The molecule has 0 amide bonds. The van der Waals surface area contributed by atoms with Gasteiger partial charge in [0.05, 0.1) is 0 Å². The molecule has 0 fully saturated rings. The van der Waals surface area contributed by atoms with Crippen molar-refractivity contribution >= 4 is 17.0 Å². The summed E-state index contributed by atoms with van der Waals surface area (Å²) >= 11 is 0. The largest absolute Gasteiger partial charge is 0.379 e. The number of nitrogens with two attached hydrogens (primary N) is 3. The van der Waals surface area contributed by atoms with Gasteiger partial charge in [0, 0.05) is 6.54 Å². The van der Waals surface area contributed by atoms with Crippen molar-refractivity contribution in [1.82, 2.24) is 28.4 Å². The fraction of sp³-hybridized carbons (Fsp3) is 1.00. The third kappa shape index (κ3) is 2320. The zero-order chi connectivity index (χ0) is 32.7. The molecule has 21 N–H and O–H groups in total. The van der Waals surface area contributed by atoms with Gasteiger partial charge in [-0.3, -0.25) is 11.3 Å². The van der Waals surface area contributed by atoms with Crippen LogP contribution in [0, 0.1) is 31.3 Å². The zero-order valence-electron chi connectivity index (χ0n) is 24.5. The molecule has 41 heavy (non-hydrogen) atoms. The van der Waals surface area contributed by atoms with Gasteiger partial charge in [-0.25, -0.2) is 0 Å². The number of unbranched alkanes of at least 4 members (excludes halogenated alkanes) is 4. The van der Waals surface area contributed by atoms with E-state index < -0.39 is 0 Å². The predicted molar refractivity (Wildman–Crippen MR) is 165 cm³/mol. The van der Waals surface area contributed by atoms with Crippen LogP contribution in [0.4, 0.5) is 0 Å². The van der Waals surface area contributed by atoms with E-state index in [0.717, 1.165) is 32.5 Å². The van der Waals surface area contributed by atoms with Gasteiger partial charge in [-0.15, -0.1) is 48.3 Å². The van der Waals surface area contributed by atoms with Gasteiger partial charge in [0.2, 0.25) is 0 Å². The average Bonchev–Trinajstić information content (AvgIpc) is 2.84. The Morgan fingerprint density at radius 2 is 0.878 bits per heavy atom. The minimum Gasteiger partial charge on any atom is -0.379 e. The summed E-state index contributed by atoms with van der Waals surface area (Å²) in [6, 6.07) is 0. The highest BCUT2D eigenvalue weighted by Crippen LogP contribution is 1.89. The average molecular weight is 680 g/mol. The van der Waals surface area contributed by atoms with Crippen molar-refractivity contribution in [3.63, 3.8) is 0 Å². The highest BCUT2D eigenvalue weighted by atomic mass is 79.9. The molecule has 0 saturated heterocycles. The van der Waals surface area contributed by atoms with Crippen molar-refractivity contribution in [3.05, 3.63) is 46.0 Å². The van der Waals surface area contributed by atoms with Crippen LogP contribution < -0.4 is 45.7 Å². The van der Waals surface area contributed by atoms with Gasteiger partial charge in [-0.2, -0.15) is 0 Å². The quantitative estimate of drug-likeness (QED) is 0.0323. The van der Waals surface area contributed by atoms with Crippen LogP contribution in [0.15, 0.2) is 16.0 Å². The van der Waals surface area contributed by atoms with Crippen molar-refractivity contribution in [2.45, 2.75) is 45.4 Å². The second-order valence-electron chi connectivity index (χ2n) is 4.84. The highest BCUT2D eigenvalue weighted by Gasteiger charge is 1.80. The van der Waals surface area contributed by atoms with Crippen LogP contribution >= 0.6 is 17.0 Å². The SMILES string of the molecule is Br.CCCCCNN.CNC.CNC.N.N.NCCCCCN.O=NO.O=NO.O=NO.[N-]=[N+]=N.[N-]=[N+]=N.[N-]=[N+]=N. The molecule has 0 saturated carbocycles. The molecule has 0 aromatic heterocycles. The molecule has 0 radical (unpaired) electrons. The molecule has 0 atom stereocenters. The molecule has 0 rings (SSSR count). The molecule has 0 aromatic carbocycles. The van der Waals surface area contributed by atoms with Crippen molar-refractivity contribution < 1.29 is 15.6 Å². The van der Waals surface area contributed by atoms with Gasteiger partial charge in [0.1, 0.15) is 0 Å². The number of nitrogens with one attached hydrogen (secondary N) is 6. The lowest BCUT2D eigenvalue weighted by Crippen LogP contribution is -2.22. The maximum Gasteiger partial charge on any atom is 0.152 e. The molecule has 27 heteroatoms. The summed E-state index contributed by atoms with van der Waals surface area (Å²) in [7, 11) is 7.50. The van der Waals surface area contributed by atoms with Gasteiger partial charge in [0.15, 0.2) is 16.0 Å². The van der Waals surface area contributed by atoms with E-state index >= 15 is 0 Å². The number of halogens is 1. The summed E-state index contributed by atoms with van der Waals surface area (Å²) in [5, 5.41) is 29.2. The normalized spacial score (nSPS) is 5.56. The van der Waals surface area contributed by atoms with E-state index in [-0.39, 0.29) is 29.3 Å². The van der Waals surface area contributed by atoms with E-state index in [9.17, 15) is 0 Å². The number of hydrogen-bond acceptors (Lipinski definition) is 17. The molecule has 0 aliphatic rings. The molecule has 26 nitrogen and oxygen atoms in total. The molecule has 0 aliphatic carbocycles. The first kappa shape index (κ1) is 83.2. The Morgan fingerprint density at radius 1 is 0.683 bits per heavy atom. The Morgan fingerprint density at radius 3 is 1.00 bits per heavy atom. The summed E-state index contributed by atoms with van der Waals surface area (Å²) in [4.78, 5) is 29.6. The molecule has 0 spiro atoms. The molecule has 0 heterocycles. The van der Waals surface area contributed by atoms with Crippen LogP contribution in [0.1, 0.15) is 45.4 Å². The predicted octanol–water partition coefficient (Wildman–Crippen LogP) is 4.34. The molecular formula is C14H55BrN20O6. The lowest BCUT2D eigenvalue weighted by Gasteiger charge is -1.93. The summed E-state index contributed by atoms with van der Waals surface area (Å²) in [5.41, 5.74) is 49.8. The number of hydrogen-bond donors (Lipinski definition) is 14. The lowest BCUT2D eigenvalue weighted by atomic mass is 10.2. The Labute approximate surface area is 250 Å². The molecule has 0 aliphatic heterocycles. The fourth-order valence-corrected chi connectivity index (χ4v) is 0.943. The van der Waals surface area contributed by atoms with Crippen LogP contribution in [-0.4, -0.2) is 63.4 Å². The number of hydrazine groups is 1. The van der Waals surface area contributed by atoms with E-state index in [4.69, 9.17) is 80.8 Å². The van der Waals surface area contributed by atoms with Gasteiger partial charge < -0.3 is 50.0 Å². The molecule has 254 valence electrons. The Hall–Kier alpha value is -3.71. The van der Waals surface area contributed by atoms with Gasteiger partial charge in [-0.1, -0.05) is 26.2 Å². The molecular weight excluding hydrogens is 624 g/mol. The van der Waals surface area contributed by atoms with Gasteiger partial charge in [0.25, 0.3) is 0 Å². The van der Waals surface area contributed by atoms with Crippen LogP contribution in [0.25, 0.3) is 31.3 Å². The monoisotopic (exact) mass is 678 g/mol. The fourth-order valence-electron chi connectivity index (χ4n) is 0.943. The maximum atomic E-state index is 8.11. The lowest BCUT2D eigenvalue weighted by molar-refractivity contribution is 0.312. The van der Waals surface area contributed by atoms with E-state index in [1.165, 1.54) is 41.7 Å². The first-order valence-corrected chi connectivity index (χ1v) is 10.1. The van der Waals surface area contributed by atoms with Crippen LogP contribution in [0.3, 0.4) is 0 Å². The topological polar surface area (TPSA) is 514 Å². The van der Waals surface area contributed by atoms with Crippen LogP contribution in [0.2, 0.25) is 0 Å². The van der Waals surface area contributed by atoms with E-state index in [1.807, 2.05) is 28.2 Å². The van der Waals surface area contributed by atoms with Crippen molar-refractivity contribution in [3.8, 4) is 0 Å². The first-order chi connectivity index (χ1) is 18.1. The zero-order valence-corrected chi connectivity index (χ0v) is 26.2. The summed E-state index contributed by atoms with van der Waals surface area (Å²) in [5.74, 6) is 5.02.